The molecule has 0 aliphatic rings. The molecule has 0 amide bonds. The maximum Gasteiger partial charge on any atom is 0.306 e. The van der Waals surface area contributed by atoms with E-state index < -0.39 is 11.9 Å². The van der Waals surface area contributed by atoms with E-state index >= 15 is 0 Å². The Morgan fingerprint density at radius 2 is 1.91 bits per heavy atom. The molecule has 8 heteroatoms. The molecule has 0 spiro atoms. The molecule has 0 unspecified atom stereocenters. The van der Waals surface area contributed by atoms with Crippen LogP contribution in [0.4, 0.5) is 0 Å². The fourth-order valence-corrected chi connectivity index (χ4v) is 3.57. The highest BCUT2D eigenvalue weighted by Crippen LogP contribution is 2.28. The number of hydrogen-bond donors (Lipinski definition) is 1. The number of nitrogens with zero attached hydrogens (tertiary/aromatic N) is 3. The van der Waals surface area contributed by atoms with Crippen LogP contribution in [0.1, 0.15) is 40.9 Å². The molecule has 1 N–H and O–H groups in total. The zero-order chi connectivity index (χ0) is 23.3. The van der Waals surface area contributed by atoms with E-state index in [2.05, 4.69) is 21.7 Å². The molecular weight excluding hydrogens is 430 g/mol. The van der Waals surface area contributed by atoms with Gasteiger partial charge in [0.25, 0.3) is 0 Å². The predicted molar refractivity (Wildman–Crippen MR) is 119 cm³/mol. The summed E-state index contributed by atoms with van der Waals surface area (Å²) in [6.45, 7) is 4.54. The number of aromatic nitrogens is 2. The molecule has 2 heterocycles. The number of hydrogen-bond acceptors (Lipinski definition) is 5. The standard InChI is InChI=1S/C24H22ClN3O4/c1-15-9-21(19-5-3-17(11-26)4-6-19)16(2)28(15)13-18-10-20(24(25)27-12-18)14-32-23(31)8-7-22(29)30/h3-6,9-10,12H,7-8,13-14H2,1-2H3,(H,29,30). The normalized spacial score (nSPS) is 10.6. The fourth-order valence-electron chi connectivity index (χ4n) is 3.41. The Morgan fingerprint density at radius 1 is 1.19 bits per heavy atom. The molecule has 0 radical (unpaired) electrons. The molecule has 2 aromatic heterocycles. The molecule has 164 valence electrons. The van der Waals surface area contributed by atoms with Crippen molar-refractivity contribution in [3.8, 4) is 17.2 Å². The highest BCUT2D eigenvalue weighted by atomic mass is 35.5. The van der Waals surface area contributed by atoms with Crippen LogP contribution in [0.25, 0.3) is 11.1 Å². The fraction of sp³-hybridized carbons (Fsp3) is 0.250. The summed E-state index contributed by atoms with van der Waals surface area (Å²) in [5, 5.41) is 17.9. The van der Waals surface area contributed by atoms with Gasteiger partial charge in [0.2, 0.25) is 0 Å². The van der Waals surface area contributed by atoms with Crippen molar-refractivity contribution in [2.24, 2.45) is 0 Å². The van der Waals surface area contributed by atoms with Crippen LogP contribution in [-0.4, -0.2) is 26.6 Å². The summed E-state index contributed by atoms with van der Waals surface area (Å²) in [6, 6.07) is 13.5. The van der Waals surface area contributed by atoms with Gasteiger partial charge in [0, 0.05) is 35.3 Å². The number of carbonyl (C=O) groups excluding carboxylic acids is 1. The highest BCUT2D eigenvalue weighted by molar-refractivity contribution is 6.30. The second kappa shape index (κ2) is 10.1. The van der Waals surface area contributed by atoms with E-state index in [1.807, 2.05) is 32.0 Å². The summed E-state index contributed by atoms with van der Waals surface area (Å²) in [5.41, 5.74) is 6.32. The van der Waals surface area contributed by atoms with Crippen LogP contribution in [0.5, 0.6) is 0 Å². The zero-order valence-corrected chi connectivity index (χ0v) is 18.5. The number of benzene rings is 1. The summed E-state index contributed by atoms with van der Waals surface area (Å²) in [7, 11) is 0. The Kier molecular flexibility index (Phi) is 7.29. The number of aryl methyl sites for hydroxylation is 1. The smallest absolute Gasteiger partial charge is 0.306 e. The van der Waals surface area contributed by atoms with Gasteiger partial charge in [-0.25, -0.2) is 4.98 Å². The van der Waals surface area contributed by atoms with Gasteiger partial charge in [0.1, 0.15) is 11.8 Å². The first-order chi connectivity index (χ1) is 15.3. The number of halogens is 1. The zero-order valence-electron chi connectivity index (χ0n) is 17.8. The quantitative estimate of drug-likeness (QED) is 0.395. The van der Waals surface area contributed by atoms with Gasteiger partial charge < -0.3 is 14.4 Å². The maximum atomic E-state index is 11.7. The minimum atomic E-state index is -1.05. The molecule has 0 aliphatic carbocycles. The summed E-state index contributed by atoms with van der Waals surface area (Å²) in [5.74, 6) is -1.65. The number of ether oxygens (including phenoxy) is 1. The van der Waals surface area contributed by atoms with Crippen LogP contribution in [0.2, 0.25) is 5.15 Å². The van der Waals surface area contributed by atoms with Crippen molar-refractivity contribution in [3.05, 3.63) is 75.8 Å². The van der Waals surface area contributed by atoms with Crippen LogP contribution in [0, 0.1) is 25.2 Å². The first kappa shape index (κ1) is 23.0. The number of esters is 1. The van der Waals surface area contributed by atoms with E-state index in [1.165, 1.54) is 0 Å². The molecule has 0 bridgehead atoms. The van der Waals surface area contributed by atoms with Gasteiger partial charge in [-0.15, -0.1) is 0 Å². The number of carbonyl (C=O) groups is 2. The number of pyridine rings is 1. The van der Waals surface area contributed by atoms with Gasteiger partial charge in [0.05, 0.1) is 24.5 Å². The van der Waals surface area contributed by atoms with Crippen LogP contribution in [0.15, 0.2) is 42.6 Å². The van der Waals surface area contributed by atoms with Gasteiger partial charge in [-0.3, -0.25) is 9.59 Å². The monoisotopic (exact) mass is 451 g/mol. The third-order valence-electron chi connectivity index (χ3n) is 5.14. The van der Waals surface area contributed by atoms with Gasteiger partial charge in [0.15, 0.2) is 0 Å². The molecular formula is C24H22ClN3O4. The molecule has 0 saturated heterocycles. The van der Waals surface area contributed by atoms with Crippen molar-refractivity contribution in [1.82, 2.24) is 9.55 Å². The number of nitriles is 1. The second-order valence-corrected chi connectivity index (χ2v) is 7.77. The SMILES string of the molecule is Cc1cc(-c2ccc(C#N)cc2)c(C)n1Cc1cnc(Cl)c(COC(=O)CCC(=O)O)c1. The Bertz CT molecular complexity index is 1190. The lowest BCUT2D eigenvalue weighted by atomic mass is 10.0. The molecule has 0 fully saturated rings. The third kappa shape index (κ3) is 5.54. The molecule has 3 aromatic rings. The second-order valence-electron chi connectivity index (χ2n) is 7.41. The first-order valence-electron chi connectivity index (χ1n) is 9.96. The van der Waals surface area contributed by atoms with E-state index in [4.69, 9.17) is 26.7 Å². The van der Waals surface area contributed by atoms with Crippen molar-refractivity contribution in [1.29, 1.82) is 5.26 Å². The van der Waals surface area contributed by atoms with Gasteiger partial charge in [-0.1, -0.05) is 23.7 Å². The largest absolute Gasteiger partial charge is 0.481 e. The van der Waals surface area contributed by atoms with Gasteiger partial charge in [-0.2, -0.15) is 5.26 Å². The number of carboxylic acid groups (broad SMARTS) is 1. The number of aliphatic carboxylic acids is 1. The summed E-state index contributed by atoms with van der Waals surface area (Å²) in [6.07, 6.45) is 1.21. The predicted octanol–water partition coefficient (Wildman–Crippen LogP) is 4.65. The summed E-state index contributed by atoms with van der Waals surface area (Å²) < 4.78 is 7.29. The lowest BCUT2D eigenvalue weighted by molar-refractivity contribution is -0.148. The lowest BCUT2D eigenvalue weighted by Gasteiger charge is -2.12. The average Bonchev–Trinajstić information content (AvgIpc) is 3.06. The molecule has 3 rings (SSSR count). The van der Waals surface area contributed by atoms with E-state index in [0.717, 1.165) is 28.1 Å². The summed E-state index contributed by atoms with van der Waals surface area (Å²) in [4.78, 5) is 26.5. The molecule has 7 nitrogen and oxygen atoms in total. The molecule has 0 atom stereocenters. The van der Waals surface area contributed by atoms with Crippen molar-refractivity contribution in [3.63, 3.8) is 0 Å². The minimum Gasteiger partial charge on any atom is -0.481 e. The minimum absolute atomic E-state index is 0.0712. The number of rotatable bonds is 8. The Morgan fingerprint density at radius 3 is 2.56 bits per heavy atom. The van der Waals surface area contributed by atoms with Crippen LogP contribution in [-0.2, 0) is 27.5 Å². The number of carboxylic acids is 1. The molecule has 32 heavy (non-hydrogen) atoms. The average molecular weight is 452 g/mol. The first-order valence-corrected chi connectivity index (χ1v) is 10.3. The highest BCUT2D eigenvalue weighted by Gasteiger charge is 2.14. The Hall–Kier alpha value is -3.63. The Balaban J connectivity index is 1.76. The van der Waals surface area contributed by atoms with E-state index in [9.17, 15) is 9.59 Å². The topological polar surface area (TPSA) is 105 Å². The van der Waals surface area contributed by atoms with Crippen LogP contribution >= 0.6 is 11.6 Å². The van der Waals surface area contributed by atoms with Crippen LogP contribution in [0.3, 0.4) is 0 Å². The van der Waals surface area contributed by atoms with Gasteiger partial charge in [-0.05, 0) is 49.2 Å². The van der Waals surface area contributed by atoms with E-state index in [0.29, 0.717) is 17.7 Å². The molecule has 0 aliphatic heterocycles. The maximum absolute atomic E-state index is 11.7. The lowest BCUT2D eigenvalue weighted by Crippen LogP contribution is -2.09. The molecule has 1 aromatic carbocycles. The Labute approximate surface area is 190 Å². The molecule has 0 saturated carbocycles. The van der Waals surface area contributed by atoms with Crippen LogP contribution < -0.4 is 0 Å². The van der Waals surface area contributed by atoms with E-state index in [1.54, 1.807) is 18.3 Å². The summed E-state index contributed by atoms with van der Waals surface area (Å²) >= 11 is 6.16. The van der Waals surface area contributed by atoms with E-state index in [-0.39, 0.29) is 24.6 Å². The van der Waals surface area contributed by atoms with Crippen molar-refractivity contribution in [2.75, 3.05) is 0 Å². The van der Waals surface area contributed by atoms with Gasteiger partial charge >= 0.3 is 11.9 Å². The third-order valence-corrected chi connectivity index (χ3v) is 5.48. The van der Waals surface area contributed by atoms with Crippen molar-refractivity contribution >= 4 is 23.5 Å². The van der Waals surface area contributed by atoms with Crippen molar-refractivity contribution in [2.45, 2.75) is 39.8 Å². The van der Waals surface area contributed by atoms with Crippen molar-refractivity contribution < 1.29 is 19.4 Å².